The van der Waals surface area contributed by atoms with Crippen LogP contribution < -0.4 is 9.62 Å². The van der Waals surface area contributed by atoms with E-state index in [-0.39, 0.29) is 43.6 Å². The van der Waals surface area contributed by atoms with Gasteiger partial charge in [-0.1, -0.05) is 25.0 Å². The fourth-order valence-corrected chi connectivity index (χ4v) is 5.36. The van der Waals surface area contributed by atoms with Gasteiger partial charge in [0.1, 0.15) is 11.9 Å². The quantitative estimate of drug-likeness (QED) is 0.465. The highest BCUT2D eigenvalue weighted by atomic mass is 32.2. The van der Waals surface area contributed by atoms with Crippen molar-refractivity contribution in [3.05, 3.63) is 65.5 Å². The van der Waals surface area contributed by atoms with Crippen LogP contribution in [0.25, 0.3) is 0 Å². The largest absolute Gasteiger partial charge is 0.352 e. The molecule has 0 aliphatic heterocycles. The van der Waals surface area contributed by atoms with Gasteiger partial charge >= 0.3 is 0 Å². The molecule has 1 aliphatic carbocycles. The van der Waals surface area contributed by atoms with Crippen LogP contribution in [-0.4, -0.2) is 50.0 Å². The van der Waals surface area contributed by atoms with Crippen molar-refractivity contribution >= 4 is 27.5 Å². The lowest BCUT2D eigenvalue weighted by Gasteiger charge is -2.30. The van der Waals surface area contributed by atoms with Crippen molar-refractivity contribution in [2.24, 2.45) is 0 Å². The standard InChI is InChI=1S/C26H32F3N3O4S/c1-18(26(34)30-21-6-3-4-7-21)31(17-19-9-11-20(27)12-10-19)25(33)8-5-15-32(37(2,35)36)22-13-14-23(28)24(29)16-22/h9-14,16,18,21H,3-8,15,17H2,1-2H3,(H,30,34)/t18-/m1/s1. The average Bonchev–Trinajstić information content (AvgIpc) is 3.35. The Hall–Kier alpha value is -3.08. The number of benzene rings is 2. The zero-order valence-electron chi connectivity index (χ0n) is 20.9. The lowest BCUT2D eigenvalue weighted by Crippen LogP contribution is -2.49. The van der Waals surface area contributed by atoms with E-state index in [1.54, 1.807) is 6.92 Å². The van der Waals surface area contributed by atoms with Crippen molar-refractivity contribution in [3.8, 4) is 0 Å². The van der Waals surface area contributed by atoms with Crippen LogP contribution in [0.4, 0.5) is 18.9 Å². The van der Waals surface area contributed by atoms with Crippen molar-refractivity contribution in [2.75, 3.05) is 17.1 Å². The normalized spacial score (nSPS) is 14.8. The van der Waals surface area contributed by atoms with Crippen LogP contribution in [0.2, 0.25) is 0 Å². The van der Waals surface area contributed by atoms with E-state index in [9.17, 15) is 31.2 Å². The van der Waals surface area contributed by atoms with E-state index in [2.05, 4.69) is 5.32 Å². The average molecular weight is 540 g/mol. The molecule has 37 heavy (non-hydrogen) atoms. The number of nitrogens with one attached hydrogen (secondary N) is 1. The first-order valence-electron chi connectivity index (χ1n) is 12.2. The number of sulfonamides is 1. The Bertz CT molecular complexity index is 1200. The molecule has 1 N–H and O–H groups in total. The molecule has 1 atom stereocenters. The Labute approximate surface area is 215 Å². The van der Waals surface area contributed by atoms with E-state index in [0.717, 1.165) is 54.4 Å². The molecule has 0 unspecified atom stereocenters. The molecule has 1 fully saturated rings. The van der Waals surface area contributed by atoms with Crippen LogP contribution in [0.15, 0.2) is 42.5 Å². The topological polar surface area (TPSA) is 86.8 Å². The Kier molecular flexibility index (Phi) is 9.58. The first-order chi connectivity index (χ1) is 17.5. The summed E-state index contributed by atoms with van der Waals surface area (Å²) < 4.78 is 65.9. The highest BCUT2D eigenvalue weighted by Gasteiger charge is 2.29. The number of anilines is 1. The minimum atomic E-state index is -3.84. The van der Waals surface area contributed by atoms with E-state index in [1.807, 2.05) is 0 Å². The predicted octanol–water partition coefficient (Wildman–Crippen LogP) is 4.13. The summed E-state index contributed by atoms with van der Waals surface area (Å²) >= 11 is 0. The third-order valence-corrected chi connectivity index (χ3v) is 7.67. The van der Waals surface area contributed by atoms with Gasteiger partial charge in [-0.2, -0.15) is 0 Å². The van der Waals surface area contributed by atoms with Crippen molar-refractivity contribution in [3.63, 3.8) is 0 Å². The lowest BCUT2D eigenvalue weighted by molar-refractivity contribution is -0.141. The number of hydrogen-bond donors (Lipinski definition) is 1. The van der Waals surface area contributed by atoms with Gasteiger partial charge in [0.25, 0.3) is 0 Å². The maximum Gasteiger partial charge on any atom is 0.242 e. The van der Waals surface area contributed by atoms with Gasteiger partial charge in [0.2, 0.25) is 21.8 Å². The minimum absolute atomic E-state index is 0.0543. The molecule has 0 bridgehead atoms. The van der Waals surface area contributed by atoms with Gasteiger partial charge in [0.05, 0.1) is 11.9 Å². The summed E-state index contributed by atoms with van der Waals surface area (Å²) in [4.78, 5) is 27.6. The maximum absolute atomic E-state index is 13.7. The molecule has 11 heteroatoms. The van der Waals surface area contributed by atoms with Gasteiger partial charge < -0.3 is 10.2 Å². The summed E-state index contributed by atoms with van der Waals surface area (Å²) in [6.07, 6.45) is 4.75. The van der Waals surface area contributed by atoms with Gasteiger partial charge in [-0.25, -0.2) is 21.6 Å². The van der Waals surface area contributed by atoms with Gasteiger partial charge in [0.15, 0.2) is 11.6 Å². The van der Waals surface area contributed by atoms with Gasteiger partial charge in [-0.05, 0) is 56.0 Å². The molecule has 2 aromatic rings. The van der Waals surface area contributed by atoms with E-state index in [4.69, 9.17) is 0 Å². The summed E-state index contributed by atoms with van der Waals surface area (Å²) in [6, 6.07) is 7.64. The van der Waals surface area contributed by atoms with E-state index in [0.29, 0.717) is 5.56 Å². The van der Waals surface area contributed by atoms with Crippen molar-refractivity contribution in [2.45, 2.75) is 64.1 Å². The summed E-state index contributed by atoms with van der Waals surface area (Å²) in [6.45, 7) is 1.54. The van der Waals surface area contributed by atoms with Crippen molar-refractivity contribution in [1.82, 2.24) is 10.2 Å². The van der Waals surface area contributed by atoms with E-state index < -0.39 is 39.4 Å². The highest BCUT2D eigenvalue weighted by molar-refractivity contribution is 7.92. The van der Waals surface area contributed by atoms with Crippen LogP contribution >= 0.6 is 0 Å². The lowest BCUT2D eigenvalue weighted by atomic mass is 10.1. The summed E-state index contributed by atoms with van der Waals surface area (Å²) in [7, 11) is -3.84. The Morgan fingerprint density at radius 2 is 1.68 bits per heavy atom. The monoisotopic (exact) mass is 539 g/mol. The molecule has 7 nitrogen and oxygen atoms in total. The summed E-state index contributed by atoms with van der Waals surface area (Å²) in [5, 5.41) is 2.99. The molecular formula is C26H32F3N3O4S. The van der Waals surface area contributed by atoms with Crippen molar-refractivity contribution in [1.29, 1.82) is 0 Å². The minimum Gasteiger partial charge on any atom is -0.352 e. The van der Waals surface area contributed by atoms with Gasteiger partial charge in [-0.3, -0.25) is 13.9 Å². The molecule has 0 saturated heterocycles. The van der Waals surface area contributed by atoms with Crippen LogP contribution in [0.3, 0.4) is 0 Å². The second-order valence-electron chi connectivity index (χ2n) is 9.35. The molecule has 3 rings (SSSR count). The number of halogens is 3. The molecule has 0 aromatic heterocycles. The Balaban J connectivity index is 1.72. The van der Waals surface area contributed by atoms with Crippen LogP contribution in [0.5, 0.6) is 0 Å². The van der Waals surface area contributed by atoms with Gasteiger partial charge in [0, 0.05) is 31.6 Å². The number of carbonyl (C=O) groups is 2. The summed E-state index contributed by atoms with van der Waals surface area (Å²) in [5.74, 6) is -3.39. The molecular weight excluding hydrogens is 507 g/mol. The first kappa shape index (κ1) is 28.5. The molecule has 2 amide bonds. The second kappa shape index (κ2) is 12.4. The first-order valence-corrected chi connectivity index (χ1v) is 14.1. The number of amides is 2. The third-order valence-electron chi connectivity index (χ3n) is 6.48. The fraction of sp³-hybridized carbons (Fsp3) is 0.462. The number of nitrogens with zero attached hydrogens (tertiary/aromatic N) is 2. The molecule has 1 aliphatic rings. The van der Waals surface area contributed by atoms with Crippen molar-refractivity contribution < 1.29 is 31.2 Å². The molecule has 0 radical (unpaired) electrons. The predicted molar refractivity (Wildman–Crippen MR) is 135 cm³/mol. The Morgan fingerprint density at radius 1 is 1.03 bits per heavy atom. The highest BCUT2D eigenvalue weighted by Crippen LogP contribution is 2.22. The van der Waals surface area contributed by atoms with E-state index >= 15 is 0 Å². The molecule has 1 saturated carbocycles. The summed E-state index contributed by atoms with van der Waals surface area (Å²) in [5.41, 5.74) is 0.580. The molecule has 0 heterocycles. The number of hydrogen-bond acceptors (Lipinski definition) is 4. The van der Waals surface area contributed by atoms with Gasteiger partial charge in [-0.15, -0.1) is 0 Å². The number of rotatable bonds is 11. The molecule has 2 aromatic carbocycles. The smallest absolute Gasteiger partial charge is 0.242 e. The van der Waals surface area contributed by atoms with E-state index in [1.165, 1.54) is 29.2 Å². The zero-order chi connectivity index (χ0) is 27.2. The zero-order valence-corrected chi connectivity index (χ0v) is 21.7. The Morgan fingerprint density at radius 3 is 2.27 bits per heavy atom. The third kappa shape index (κ3) is 7.95. The second-order valence-corrected chi connectivity index (χ2v) is 11.3. The molecule has 0 spiro atoms. The number of carbonyl (C=O) groups excluding carboxylic acids is 2. The maximum atomic E-state index is 13.7. The van der Waals surface area contributed by atoms with Crippen LogP contribution in [-0.2, 0) is 26.2 Å². The van der Waals surface area contributed by atoms with Crippen LogP contribution in [0.1, 0.15) is 51.0 Å². The van der Waals surface area contributed by atoms with Crippen LogP contribution in [0, 0.1) is 17.5 Å². The fourth-order valence-electron chi connectivity index (χ4n) is 4.41. The SMILES string of the molecule is C[C@H](C(=O)NC1CCCC1)N(Cc1ccc(F)cc1)C(=O)CCCN(c1ccc(F)c(F)c1)S(C)(=O)=O. The molecule has 202 valence electrons.